The summed E-state index contributed by atoms with van der Waals surface area (Å²) in [5.41, 5.74) is 0. The topological polar surface area (TPSA) is 0 Å². The lowest BCUT2D eigenvalue weighted by molar-refractivity contribution is 0.808. The van der Waals surface area contributed by atoms with Crippen LogP contribution in [-0.2, 0) is 0 Å². The normalized spacial score (nSPS) is 9.33. The van der Waals surface area contributed by atoms with E-state index in [9.17, 15) is 4.32 Å². The van der Waals surface area contributed by atoms with Crippen LogP contribution in [0, 0.1) is 0 Å². The minimum atomic E-state index is -1.15. The fourth-order valence-electron chi connectivity index (χ4n) is 0. The van der Waals surface area contributed by atoms with Gasteiger partial charge in [-0.2, -0.15) is 0 Å². The van der Waals surface area contributed by atoms with Crippen molar-refractivity contribution in [3.8, 4) is 0 Å². The first-order chi connectivity index (χ1) is 2.64. The average Bonchev–Trinajstić information content (AvgIpc) is 1.36. The van der Waals surface area contributed by atoms with Gasteiger partial charge < -0.3 is 4.32 Å². The van der Waals surface area contributed by atoms with Crippen LogP contribution in [0.15, 0.2) is 0 Å². The third-order valence-electron chi connectivity index (χ3n) is 0.637. The van der Waals surface area contributed by atoms with Crippen LogP contribution in [-0.4, -0.2) is 14.6 Å². The molecule has 0 aromatic rings. The van der Waals surface area contributed by atoms with Gasteiger partial charge >= 0.3 is 0 Å². The van der Waals surface area contributed by atoms with Crippen molar-refractivity contribution >= 4 is 14.6 Å². The number of hydrogen-bond donors (Lipinski definition) is 0. The Hall–Kier alpha value is 0.0599. The Morgan fingerprint density at radius 1 is 1.67 bits per heavy atom. The lowest BCUT2D eigenvalue weighted by Gasteiger charge is -1.96. The van der Waals surface area contributed by atoms with Gasteiger partial charge in [0.05, 0.1) is 7.74 Å². The molecule has 0 fully saturated rings. The first kappa shape index (κ1) is 6.06. The van der Waals surface area contributed by atoms with Gasteiger partial charge in [-0.25, -0.2) is 0 Å². The monoisotopic (exact) mass is 84.1 g/mol. The molecule has 0 atom stereocenters. The van der Waals surface area contributed by atoms with Gasteiger partial charge in [0.15, 0.2) is 0 Å². The first-order valence-electron chi connectivity index (χ1n) is 2.04. The Morgan fingerprint density at radius 3 is 1.83 bits per heavy atom. The Kier molecular flexibility index (Phi) is 2.29. The van der Waals surface area contributed by atoms with Crippen molar-refractivity contribution in [2.75, 3.05) is 0 Å². The molecule has 0 amide bonds. The summed E-state index contributed by atoms with van der Waals surface area (Å²) < 4.78 is 11.6. The van der Waals surface area contributed by atoms with E-state index in [0.717, 1.165) is 0 Å². The van der Waals surface area contributed by atoms with Crippen molar-refractivity contribution in [3.63, 3.8) is 0 Å². The van der Waals surface area contributed by atoms with E-state index in [1.165, 1.54) is 0 Å². The largest absolute Gasteiger partial charge is 0.348 e. The maximum Gasteiger partial charge on any atom is 0.294 e. The summed E-state index contributed by atoms with van der Waals surface area (Å²) in [4.78, 5) is 0. The van der Waals surface area contributed by atoms with Gasteiger partial charge in [0.1, 0.15) is 0 Å². The lowest BCUT2D eigenvalue weighted by Crippen LogP contribution is -2.08. The average molecular weight is 83.7 g/mol. The Labute approximate surface area is 39.6 Å². The van der Waals surface area contributed by atoms with E-state index in [-0.39, 0.29) is 5.82 Å². The Bertz CT molecular complexity index is 29.8. The molecule has 0 rings (SSSR count). The molecule has 0 aliphatic rings. The van der Waals surface area contributed by atoms with Crippen LogP contribution in [0.4, 0.5) is 4.32 Å². The van der Waals surface area contributed by atoms with Gasteiger partial charge in [0.2, 0.25) is 0 Å². The molecule has 0 spiro atoms. The van der Waals surface area contributed by atoms with Crippen LogP contribution in [0.2, 0.25) is 5.82 Å². The van der Waals surface area contributed by atoms with E-state index in [2.05, 4.69) is 0 Å². The molecular weight excluding hydrogens is 76.7 g/mol. The predicted molar refractivity (Wildman–Crippen MR) is 27.7 cm³/mol. The van der Waals surface area contributed by atoms with Crippen molar-refractivity contribution in [2.45, 2.75) is 19.7 Å². The third-order valence-corrected chi connectivity index (χ3v) is 0.637. The minimum Gasteiger partial charge on any atom is -0.348 e. The van der Waals surface area contributed by atoms with Crippen molar-refractivity contribution in [2.24, 2.45) is 0 Å². The van der Waals surface area contributed by atoms with Gasteiger partial charge in [-0.15, -0.1) is 0 Å². The number of hydrogen-bond acceptors (Lipinski definition) is 0. The molecule has 3 heteroatoms. The predicted octanol–water partition coefficient (Wildman–Crippen LogP) is 1.02. The maximum absolute atomic E-state index is 11.6. The molecule has 0 saturated heterocycles. The highest BCUT2D eigenvalue weighted by Gasteiger charge is 2.07. The summed E-state index contributed by atoms with van der Waals surface area (Å²) in [5.74, 6) is -0.0370. The van der Waals surface area contributed by atoms with E-state index in [1.807, 2.05) is 0 Å². The molecule has 0 aromatic carbocycles. The zero-order valence-electron chi connectivity index (χ0n) is 4.11. The molecule has 2 radical (unpaired) electrons. The molecule has 32 valence electrons. The summed E-state index contributed by atoms with van der Waals surface area (Å²) in [5, 5.41) is 0. The highest BCUT2D eigenvalue weighted by Crippen LogP contribution is 2.02. The zero-order chi connectivity index (χ0) is 5.15. The van der Waals surface area contributed by atoms with Gasteiger partial charge in [0, 0.05) is 0 Å². The van der Waals surface area contributed by atoms with E-state index >= 15 is 0 Å². The fraction of sp³-hybridized carbons (Fsp3) is 1.00. The summed E-state index contributed by atoms with van der Waals surface area (Å²) in [6.07, 6.45) is 0. The van der Waals surface area contributed by atoms with Gasteiger partial charge in [-0.05, 0) is 5.82 Å². The van der Waals surface area contributed by atoms with E-state index in [1.54, 1.807) is 13.8 Å². The van der Waals surface area contributed by atoms with Crippen LogP contribution < -0.4 is 0 Å². The van der Waals surface area contributed by atoms with Gasteiger partial charge in [0.25, 0.3) is 6.88 Å². The summed E-state index contributed by atoms with van der Waals surface area (Å²) >= 11 is 0. The number of rotatable bonds is 1. The zero-order valence-corrected chi connectivity index (χ0v) is 4.11. The van der Waals surface area contributed by atoms with Crippen molar-refractivity contribution in [1.29, 1.82) is 0 Å². The maximum atomic E-state index is 11.6. The molecule has 0 N–H and O–H groups in total. The highest BCUT2D eigenvalue weighted by atomic mass is 19.1. The minimum absolute atomic E-state index is 0.0370. The van der Waals surface area contributed by atoms with E-state index in [4.69, 9.17) is 7.74 Å². The van der Waals surface area contributed by atoms with E-state index in [0.29, 0.717) is 0 Å². The van der Waals surface area contributed by atoms with Crippen LogP contribution in [0.5, 0.6) is 0 Å². The lowest BCUT2D eigenvalue weighted by atomic mass is 9.43. The molecule has 6 heavy (non-hydrogen) atoms. The van der Waals surface area contributed by atoms with Crippen molar-refractivity contribution in [1.82, 2.24) is 0 Å². The third kappa shape index (κ3) is 2.31. The molecule has 0 aliphatic heterocycles. The molecule has 0 aliphatic carbocycles. The SMILES string of the molecule is [B]B(F)C(C)C. The second-order valence-corrected chi connectivity index (χ2v) is 1.69. The molecule has 0 nitrogen and oxygen atoms in total. The summed E-state index contributed by atoms with van der Waals surface area (Å²) in [7, 11) is 4.77. The van der Waals surface area contributed by atoms with E-state index < -0.39 is 6.88 Å². The first-order valence-corrected chi connectivity index (χ1v) is 2.04. The molecule has 0 aromatic heterocycles. The second-order valence-electron chi connectivity index (χ2n) is 1.69. The molecule has 0 saturated carbocycles. The Balaban J connectivity index is 2.99. The van der Waals surface area contributed by atoms with Gasteiger partial charge in [-0.1, -0.05) is 13.8 Å². The molecule has 0 bridgehead atoms. The van der Waals surface area contributed by atoms with Gasteiger partial charge in [-0.3, -0.25) is 0 Å². The molecule has 0 unspecified atom stereocenters. The van der Waals surface area contributed by atoms with Crippen LogP contribution >= 0.6 is 0 Å². The smallest absolute Gasteiger partial charge is 0.294 e. The second kappa shape index (κ2) is 2.27. The molecular formula is C3H7B2F. The Morgan fingerprint density at radius 2 is 1.83 bits per heavy atom. The summed E-state index contributed by atoms with van der Waals surface area (Å²) in [6.45, 7) is 2.33. The molecule has 0 heterocycles. The summed E-state index contributed by atoms with van der Waals surface area (Å²) in [6, 6.07) is 0. The van der Waals surface area contributed by atoms with Crippen LogP contribution in [0.3, 0.4) is 0 Å². The highest BCUT2D eigenvalue weighted by molar-refractivity contribution is 6.99. The standard InChI is InChI=1S/C3H7B2F/c1-3(2)5(4)6/h3H,1-2H3. The quantitative estimate of drug-likeness (QED) is 0.416. The van der Waals surface area contributed by atoms with Crippen LogP contribution in [0.25, 0.3) is 0 Å². The van der Waals surface area contributed by atoms with Crippen molar-refractivity contribution in [3.05, 3.63) is 0 Å². The van der Waals surface area contributed by atoms with Crippen LogP contribution in [0.1, 0.15) is 13.8 Å². The van der Waals surface area contributed by atoms with Crippen molar-refractivity contribution < 1.29 is 4.32 Å². The fourth-order valence-corrected chi connectivity index (χ4v) is 0. The number of halogens is 1.